The first kappa shape index (κ1) is 23.1. The fourth-order valence-corrected chi connectivity index (χ4v) is 3.24. The second-order valence-electron chi connectivity index (χ2n) is 6.76. The van der Waals surface area contributed by atoms with E-state index < -0.39 is 12.3 Å². The molecule has 0 aliphatic carbocycles. The first-order valence-corrected chi connectivity index (χ1v) is 9.76. The summed E-state index contributed by atoms with van der Waals surface area (Å²) in [6, 6.07) is 14.5. The van der Waals surface area contributed by atoms with Crippen LogP contribution >= 0.6 is 11.6 Å². The van der Waals surface area contributed by atoms with Crippen molar-refractivity contribution >= 4 is 29.7 Å². The minimum absolute atomic E-state index is 0.161. The number of aryl methyl sites for hydroxylation is 1. The molecule has 0 aliphatic heterocycles. The van der Waals surface area contributed by atoms with Crippen molar-refractivity contribution in [2.45, 2.75) is 19.3 Å². The third kappa shape index (κ3) is 6.24. The number of aromatic nitrogens is 1. The number of pyridine rings is 1. The number of carboxylic acids is 1. The number of benzene rings is 2. The van der Waals surface area contributed by atoms with Gasteiger partial charge in [-0.15, -0.1) is 13.2 Å². The van der Waals surface area contributed by atoms with Gasteiger partial charge in [-0.05, 0) is 54.0 Å². The van der Waals surface area contributed by atoms with Gasteiger partial charge < -0.3 is 14.4 Å². The fourth-order valence-electron chi connectivity index (χ4n) is 3.01. The fraction of sp³-hybridized carbons (Fsp3) is 0.130. The van der Waals surface area contributed by atoms with Gasteiger partial charge in [0, 0.05) is 12.6 Å². The lowest BCUT2D eigenvalue weighted by atomic mass is 10.1. The molecule has 0 saturated carbocycles. The second-order valence-corrected chi connectivity index (χ2v) is 7.17. The second kappa shape index (κ2) is 9.74. The molecule has 0 saturated heterocycles. The van der Waals surface area contributed by atoms with Crippen LogP contribution in [0.4, 0.5) is 13.2 Å². The Kier molecular flexibility index (Phi) is 7.05. The van der Waals surface area contributed by atoms with Gasteiger partial charge in [-0.1, -0.05) is 41.9 Å². The van der Waals surface area contributed by atoms with Gasteiger partial charge in [-0.2, -0.15) is 0 Å². The zero-order valence-electron chi connectivity index (χ0n) is 16.5. The highest BCUT2D eigenvalue weighted by atomic mass is 35.5. The molecular formula is C23H17ClF3NO4. The number of carboxylic acid groups (broad SMARTS) is 1. The lowest BCUT2D eigenvalue weighted by Crippen LogP contribution is -2.22. The summed E-state index contributed by atoms with van der Waals surface area (Å²) < 4.78 is 42.7. The minimum Gasteiger partial charge on any atom is -0.478 e. The predicted molar refractivity (Wildman–Crippen MR) is 115 cm³/mol. The molecule has 166 valence electrons. The topological polar surface area (TPSA) is 68.5 Å². The van der Waals surface area contributed by atoms with E-state index in [0.29, 0.717) is 22.7 Å². The first-order valence-electron chi connectivity index (χ1n) is 9.38. The van der Waals surface area contributed by atoms with E-state index in [0.717, 1.165) is 5.56 Å². The molecule has 0 spiro atoms. The van der Waals surface area contributed by atoms with Crippen LogP contribution in [0.5, 0.6) is 5.75 Å². The molecule has 3 aromatic rings. The zero-order valence-corrected chi connectivity index (χ0v) is 17.2. The van der Waals surface area contributed by atoms with Gasteiger partial charge in [0.2, 0.25) is 0 Å². The molecule has 3 rings (SSSR count). The van der Waals surface area contributed by atoms with Crippen LogP contribution in [0, 0.1) is 0 Å². The van der Waals surface area contributed by atoms with E-state index in [1.807, 2.05) is 0 Å². The number of nitrogens with zero attached hydrogens (tertiary/aromatic N) is 1. The van der Waals surface area contributed by atoms with Crippen LogP contribution in [-0.4, -0.2) is 22.0 Å². The number of rotatable bonds is 7. The number of aromatic carboxylic acids is 1. The van der Waals surface area contributed by atoms with Crippen LogP contribution in [0.1, 0.15) is 27.2 Å². The maximum Gasteiger partial charge on any atom is 0.573 e. The maximum absolute atomic E-state index is 12.4. The van der Waals surface area contributed by atoms with Crippen LogP contribution < -0.4 is 10.3 Å². The lowest BCUT2D eigenvalue weighted by molar-refractivity contribution is -0.274. The third-order valence-electron chi connectivity index (χ3n) is 4.52. The SMILES string of the molecule is O=C(O)c1ccc(CCn2c(/C=C/c3cccc(OC(F)(F)F)c3)c(Cl)ccc2=O)cc1. The molecule has 1 heterocycles. The van der Waals surface area contributed by atoms with E-state index in [2.05, 4.69) is 4.74 Å². The van der Waals surface area contributed by atoms with E-state index in [-0.39, 0.29) is 23.4 Å². The van der Waals surface area contributed by atoms with Crippen molar-refractivity contribution < 1.29 is 27.8 Å². The number of carbonyl (C=O) groups is 1. The summed E-state index contributed by atoms with van der Waals surface area (Å²) in [7, 11) is 0. The van der Waals surface area contributed by atoms with Crippen molar-refractivity contribution in [3.63, 3.8) is 0 Å². The highest BCUT2D eigenvalue weighted by Gasteiger charge is 2.31. The molecule has 32 heavy (non-hydrogen) atoms. The largest absolute Gasteiger partial charge is 0.573 e. The van der Waals surface area contributed by atoms with Crippen molar-refractivity contribution in [2.75, 3.05) is 0 Å². The van der Waals surface area contributed by atoms with Crippen LogP contribution in [0.2, 0.25) is 5.02 Å². The molecule has 0 fully saturated rings. The van der Waals surface area contributed by atoms with E-state index in [9.17, 15) is 22.8 Å². The normalized spacial score (nSPS) is 11.6. The van der Waals surface area contributed by atoms with Gasteiger partial charge in [-0.25, -0.2) is 4.79 Å². The van der Waals surface area contributed by atoms with Crippen LogP contribution in [-0.2, 0) is 13.0 Å². The molecular weight excluding hydrogens is 447 g/mol. The Hall–Kier alpha value is -3.52. The molecule has 0 amide bonds. The lowest BCUT2D eigenvalue weighted by Gasteiger charge is -2.12. The Morgan fingerprint density at radius 2 is 1.78 bits per heavy atom. The predicted octanol–water partition coefficient (Wildman–Crippen LogP) is 5.51. The number of halogens is 4. The smallest absolute Gasteiger partial charge is 0.478 e. The van der Waals surface area contributed by atoms with Crippen LogP contribution in [0.3, 0.4) is 0 Å². The maximum atomic E-state index is 12.4. The third-order valence-corrected chi connectivity index (χ3v) is 4.84. The summed E-state index contributed by atoms with van der Waals surface area (Å²) in [5.74, 6) is -1.39. The molecule has 0 aliphatic rings. The van der Waals surface area contributed by atoms with Gasteiger partial charge in [0.25, 0.3) is 5.56 Å². The number of hydrogen-bond donors (Lipinski definition) is 1. The Balaban J connectivity index is 1.83. The molecule has 0 bridgehead atoms. The number of ether oxygens (including phenoxy) is 1. The quantitative estimate of drug-likeness (QED) is 0.501. The van der Waals surface area contributed by atoms with Crippen molar-refractivity contribution in [1.29, 1.82) is 0 Å². The highest BCUT2D eigenvalue weighted by molar-refractivity contribution is 6.32. The number of hydrogen-bond acceptors (Lipinski definition) is 3. The highest BCUT2D eigenvalue weighted by Crippen LogP contribution is 2.24. The Bertz CT molecular complexity index is 1200. The van der Waals surface area contributed by atoms with Crippen molar-refractivity contribution in [3.05, 3.63) is 98.4 Å². The molecule has 0 unspecified atom stereocenters. The monoisotopic (exact) mass is 463 g/mol. The molecule has 1 N–H and O–H groups in total. The van der Waals surface area contributed by atoms with E-state index in [1.165, 1.54) is 53.1 Å². The molecule has 1 aromatic heterocycles. The van der Waals surface area contributed by atoms with Crippen LogP contribution in [0.25, 0.3) is 12.2 Å². The standard InChI is InChI=1S/C23H17ClF3NO4/c24-19-9-11-21(29)28(13-12-15-4-7-17(8-5-15)22(30)31)20(19)10-6-16-2-1-3-18(14-16)32-23(25,26)27/h1-11,14H,12-13H2,(H,30,31)/b10-6+. The summed E-state index contributed by atoms with van der Waals surface area (Å²) in [6.07, 6.45) is -1.28. The molecule has 0 radical (unpaired) electrons. The van der Waals surface area contributed by atoms with Crippen molar-refractivity contribution in [1.82, 2.24) is 4.57 Å². The Morgan fingerprint density at radius 3 is 2.44 bits per heavy atom. The van der Waals surface area contributed by atoms with Crippen molar-refractivity contribution in [2.24, 2.45) is 0 Å². The zero-order chi connectivity index (χ0) is 23.3. The first-order chi connectivity index (χ1) is 15.1. The average molecular weight is 464 g/mol. The minimum atomic E-state index is -4.80. The van der Waals surface area contributed by atoms with Gasteiger partial charge in [0.05, 0.1) is 16.3 Å². The summed E-state index contributed by atoms with van der Waals surface area (Å²) in [6.45, 7) is 0.267. The van der Waals surface area contributed by atoms with Gasteiger partial charge in [0.15, 0.2) is 0 Å². The summed E-state index contributed by atoms with van der Waals surface area (Å²) in [5, 5.41) is 9.28. The molecule has 5 nitrogen and oxygen atoms in total. The molecule has 0 atom stereocenters. The van der Waals surface area contributed by atoms with E-state index in [1.54, 1.807) is 24.3 Å². The van der Waals surface area contributed by atoms with E-state index >= 15 is 0 Å². The van der Waals surface area contributed by atoms with Gasteiger partial charge >= 0.3 is 12.3 Å². The summed E-state index contributed by atoms with van der Waals surface area (Å²) in [4.78, 5) is 23.4. The van der Waals surface area contributed by atoms with Crippen LogP contribution in [0.15, 0.2) is 65.5 Å². The van der Waals surface area contributed by atoms with E-state index in [4.69, 9.17) is 16.7 Å². The van der Waals surface area contributed by atoms with Gasteiger partial charge in [-0.3, -0.25) is 4.79 Å². The van der Waals surface area contributed by atoms with Crippen molar-refractivity contribution in [3.8, 4) is 5.75 Å². The average Bonchev–Trinajstić information content (AvgIpc) is 2.73. The molecule has 2 aromatic carbocycles. The Morgan fingerprint density at radius 1 is 1.06 bits per heavy atom. The summed E-state index contributed by atoms with van der Waals surface area (Å²) in [5.41, 5.74) is 1.51. The summed E-state index contributed by atoms with van der Waals surface area (Å²) >= 11 is 6.27. The molecule has 9 heteroatoms. The Labute approximate surface area is 186 Å². The number of alkyl halides is 3. The van der Waals surface area contributed by atoms with Gasteiger partial charge in [0.1, 0.15) is 5.75 Å².